The predicted octanol–water partition coefficient (Wildman–Crippen LogP) is 1.60. The molecule has 1 aromatic rings. The van der Waals surface area contributed by atoms with E-state index in [9.17, 15) is 18.4 Å². The monoisotopic (exact) mass is 305 g/mol. The Hall–Kier alpha value is -2.70. The highest BCUT2D eigenvalue weighted by atomic mass is 19.2. The van der Waals surface area contributed by atoms with E-state index in [0.717, 1.165) is 12.1 Å². The summed E-state index contributed by atoms with van der Waals surface area (Å²) in [5, 5.41) is 5.16. The van der Waals surface area contributed by atoms with Gasteiger partial charge in [0.1, 0.15) is 0 Å². The third-order valence-electron chi connectivity index (χ3n) is 3.65. The van der Waals surface area contributed by atoms with Crippen LogP contribution in [0.1, 0.15) is 11.6 Å². The zero-order chi connectivity index (χ0) is 15.9. The lowest BCUT2D eigenvalue weighted by Gasteiger charge is -2.25. The van der Waals surface area contributed by atoms with E-state index in [1.165, 1.54) is 11.0 Å². The van der Waals surface area contributed by atoms with Crippen molar-refractivity contribution in [1.82, 2.24) is 15.5 Å². The zero-order valence-electron chi connectivity index (χ0n) is 11.5. The van der Waals surface area contributed by atoms with Gasteiger partial charge in [-0.25, -0.2) is 13.6 Å². The molecule has 0 spiro atoms. The van der Waals surface area contributed by atoms with Crippen LogP contribution in [0.4, 0.5) is 13.6 Å². The molecule has 0 aliphatic carbocycles. The number of amides is 3. The maximum absolute atomic E-state index is 13.4. The Morgan fingerprint density at radius 1 is 1.32 bits per heavy atom. The first-order valence-electron chi connectivity index (χ1n) is 6.67. The van der Waals surface area contributed by atoms with E-state index in [0.29, 0.717) is 23.4 Å². The number of carbonyl (C=O) groups excluding carboxylic acids is 2. The van der Waals surface area contributed by atoms with Crippen molar-refractivity contribution < 1.29 is 18.4 Å². The van der Waals surface area contributed by atoms with Crippen LogP contribution in [0.15, 0.2) is 42.1 Å². The van der Waals surface area contributed by atoms with Crippen LogP contribution in [0.2, 0.25) is 0 Å². The maximum atomic E-state index is 13.4. The Bertz CT molecular complexity index is 715. The first-order chi connectivity index (χ1) is 10.5. The highest BCUT2D eigenvalue weighted by Gasteiger charge is 2.40. The summed E-state index contributed by atoms with van der Waals surface area (Å²) in [7, 11) is 0. The molecule has 0 saturated carbocycles. The van der Waals surface area contributed by atoms with Crippen LogP contribution < -0.4 is 10.6 Å². The average molecular weight is 305 g/mol. The fourth-order valence-corrected chi connectivity index (χ4v) is 2.67. The predicted molar refractivity (Wildman–Crippen MR) is 74.6 cm³/mol. The van der Waals surface area contributed by atoms with Gasteiger partial charge in [-0.15, -0.1) is 6.58 Å². The summed E-state index contributed by atoms with van der Waals surface area (Å²) in [5.74, 6) is -2.28. The standard InChI is InChI=1S/C15H13F2N3O2/c1-2-5-20-7-11-12(14(20)21)13(19-15(22)18-11)8-3-4-9(16)10(17)6-8/h2-4,6,13H,1,5,7H2,(H2,18,19,22). The molecular weight excluding hydrogens is 292 g/mol. The molecule has 0 bridgehead atoms. The minimum absolute atomic E-state index is 0.258. The molecule has 0 fully saturated rings. The van der Waals surface area contributed by atoms with Crippen LogP contribution >= 0.6 is 0 Å². The lowest BCUT2D eigenvalue weighted by Crippen LogP contribution is -2.44. The molecule has 2 N–H and O–H groups in total. The SMILES string of the molecule is C=CCN1CC2=C(C1=O)C(c1ccc(F)c(F)c1)NC(=O)N2. The average Bonchev–Trinajstić information content (AvgIpc) is 2.78. The molecule has 2 heterocycles. The summed E-state index contributed by atoms with van der Waals surface area (Å²) in [6.07, 6.45) is 1.58. The largest absolute Gasteiger partial charge is 0.329 e. The van der Waals surface area contributed by atoms with E-state index >= 15 is 0 Å². The Balaban J connectivity index is 2.01. The van der Waals surface area contributed by atoms with Gasteiger partial charge in [0.15, 0.2) is 11.6 Å². The van der Waals surface area contributed by atoms with Crippen LogP contribution in [0.3, 0.4) is 0 Å². The van der Waals surface area contributed by atoms with E-state index in [1.807, 2.05) is 0 Å². The van der Waals surface area contributed by atoms with Gasteiger partial charge in [0, 0.05) is 6.54 Å². The van der Waals surface area contributed by atoms with Crippen molar-refractivity contribution in [2.45, 2.75) is 6.04 Å². The van der Waals surface area contributed by atoms with Crippen LogP contribution in [-0.4, -0.2) is 29.9 Å². The Kier molecular flexibility index (Phi) is 3.40. The molecule has 22 heavy (non-hydrogen) atoms. The number of halogens is 2. The first-order valence-corrected chi connectivity index (χ1v) is 6.67. The molecule has 1 aromatic carbocycles. The molecule has 0 radical (unpaired) electrons. The number of carbonyl (C=O) groups is 2. The van der Waals surface area contributed by atoms with E-state index in [2.05, 4.69) is 17.2 Å². The molecular formula is C15H13F2N3O2. The molecule has 114 valence electrons. The topological polar surface area (TPSA) is 61.4 Å². The van der Waals surface area contributed by atoms with E-state index in [-0.39, 0.29) is 12.5 Å². The zero-order valence-corrected chi connectivity index (χ0v) is 11.5. The third kappa shape index (κ3) is 2.24. The quantitative estimate of drug-likeness (QED) is 0.833. The number of nitrogens with zero attached hydrogens (tertiary/aromatic N) is 1. The van der Waals surface area contributed by atoms with E-state index in [1.54, 1.807) is 6.08 Å². The lowest BCUT2D eigenvalue weighted by atomic mass is 9.96. The second-order valence-electron chi connectivity index (χ2n) is 5.07. The summed E-state index contributed by atoms with van der Waals surface area (Å²) in [6.45, 7) is 4.18. The van der Waals surface area contributed by atoms with Gasteiger partial charge in [0.05, 0.1) is 23.9 Å². The molecule has 1 atom stereocenters. The molecule has 5 nitrogen and oxygen atoms in total. The summed E-state index contributed by atoms with van der Waals surface area (Å²) in [4.78, 5) is 25.7. The number of benzene rings is 1. The molecule has 0 aromatic heterocycles. The van der Waals surface area contributed by atoms with Gasteiger partial charge in [-0.1, -0.05) is 12.1 Å². The fraction of sp³-hybridized carbons (Fsp3) is 0.200. The number of hydrogen-bond acceptors (Lipinski definition) is 2. The van der Waals surface area contributed by atoms with E-state index < -0.39 is 23.7 Å². The smallest absolute Gasteiger partial charge is 0.319 e. The first kappa shape index (κ1) is 14.2. The molecule has 1 unspecified atom stereocenters. The van der Waals surface area contributed by atoms with Gasteiger partial charge in [-0.3, -0.25) is 4.79 Å². The highest BCUT2D eigenvalue weighted by molar-refractivity contribution is 6.01. The van der Waals surface area contributed by atoms with Crippen LogP contribution in [0.5, 0.6) is 0 Å². The minimum Gasteiger partial charge on any atom is -0.329 e. The van der Waals surface area contributed by atoms with Crippen molar-refractivity contribution in [3.63, 3.8) is 0 Å². The molecule has 2 aliphatic rings. The number of hydrogen-bond donors (Lipinski definition) is 2. The van der Waals surface area contributed by atoms with Crippen LogP contribution in [-0.2, 0) is 4.79 Å². The second-order valence-corrected chi connectivity index (χ2v) is 5.07. The molecule has 2 aliphatic heterocycles. The van der Waals surface area contributed by atoms with Gasteiger partial charge in [0.2, 0.25) is 0 Å². The van der Waals surface area contributed by atoms with Crippen molar-refractivity contribution in [2.75, 3.05) is 13.1 Å². The van der Waals surface area contributed by atoms with Crippen LogP contribution in [0.25, 0.3) is 0 Å². The van der Waals surface area contributed by atoms with E-state index in [4.69, 9.17) is 0 Å². The van der Waals surface area contributed by atoms with Gasteiger partial charge < -0.3 is 15.5 Å². The molecule has 0 saturated heterocycles. The summed E-state index contributed by atoms with van der Waals surface area (Å²) in [6, 6.07) is 2.02. The Morgan fingerprint density at radius 2 is 2.09 bits per heavy atom. The summed E-state index contributed by atoms with van der Waals surface area (Å²) < 4.78 is 26.5. The minimum atomic E-state index is -1.03. The van der Waals surface area contributed by atoms with Crippen molar-refractivity contribution >= 4 is 11.9 Å². The van der Waals surface area contributed by atoms with Gasteiger partial charge in [-0.2, -0.15) is 0 Å². The second kappa shape index (κ2) is 5.25. The summed E-state index contributed by atoms with van der Waals surface area (Å²) in [5.41, 5.74) is 1.13. The highest BCUT2D eigenvalue weighted by Crippen LogP contribution is 2.32. The molecule has 3 rings (SSSR count). The van der Waals surface area contributed by atoms with Crippen molar-refractivity contribution in [1.29, 1.82) is 0 Å². The van der Waals surface area contributed by atoms with Crippen molar-refractivity contribution in [3.8, 4) is 0 Å². The van der Waals surface area contributed by atoms with Crippen molar-refractivity contribution in [2.24, 2.45) is 0 Å². The lowest BCUT2D eigenvalue weighted by molar-refractivity contribution is -0.125. The summed E-state index contributed by atoms with van der Waals surface area (Å²) >= 11 is 0. The number of urea groups is 1. The van der Waals surface area contributed by atoms with Gasteiger partial charge in [0.25, 0.3) is 5.91 Å². The Labute approximate surface area is 125 Å². The maximum Gasteiger partial charge on any atom is 0.319 e. The Morgan fingerprint density at radius 3 is 2.77 bits per heavy atom. The fourth-order valence-electron chi connectivity index (χ4n) is 2.67. The third-order valence-corrected chi connectivity index (χ3v) is 3.65. The molecule has 7 heteroatoms. The van der Waals surface area contributed by atoms with Crippen molar-refractivity contribution in [3.05, 3.63) is 59.3 Å². The van der Waals surface area contributed by atoms with Gasteiger partial charge in [-0.05, 0) is 17.7 Å². The van der Waals surface area contributed by atoms with Gasteiger partial charge >= 0.3 is 6.03 Å². The van der Waals surface area contributed by atoms with Crippen LogP contribution in [0, 0.1) is 11.6 Å². The number of rotatable bonds is 3. The number of nitrogens with one attached hydrogen (secondary N) is 2. The normalized spacial score (nSPS) is 20.6. The molecule has 3 amide bonds.